The van der Waals surface area contributed by atoms with Gasteiger partial charge in [-0.15, -0.1) is 0 Å². The van der Waals surface area contributed by atoms with Crippen LogP contribution in [0.1, 0.15) is 18.9 Å². The molecular formula is C14H20N2O2S. The average molecular weight is 280 g/mol. The van der Waals surface area contributed by atoms with Gasteiger partial charge in [-0.25, -0.2) is 8.42 Å². The molecule has 2 saturated heterocycles. The maximum atomic E-state index is 12.7. The minimum absolute atomic E-state index is 0.112. The van der Waals surface area contributed by atoms with Crippen LogP contribution in [-0.4, -0.2) is 37.9 Å². The summed E-state index contributed by atoms with van der Waals surface area (Å²) in [5.41, 5.74) is 0.865. The minimum atomic E-state index is -3.22. The Morgan fingerprint density at radius 2 is 2.00 bits per heavy atom. The van der Waals surface area contributed by atoms with Crippen molar-refractivity contribution in [3.05, 3.63) is 35.9 Å². The fourth-order valence-electron chi connectivity index (χ4n) is 3.47. The van der Waals surface area contributed by atoms with Crippen LogP contribution in [0.4, 0.5) is 0 Å². The van der Waals surface area contributed by atoms with Gasteiger partial charge >= 0.3 is 0 Å². The van der Waals surface area contributed by atoms with Crippen molar-refractivity contribution in [2.45, 2.75) is 31.2 Å². The van der Waals surface area contributed by atoms with Crippen molar-refractivity contribution in [2.24, 2.45) is 5.92 Å². The molecule has 2 fully saturated rings. The lowest BCUT2D eigenvalue weighted by molar-refractivity contribution is 0.335. The van der Waals surface area contributed by atoms with Crippen LogP contribution in [0.15, 0.2) is 30.3 Å². The van der Waals surface area contributed by atoms with Crippen molar-refractivity contribution in [3.8, 4) is 0 Å². The quantitative estimate of drug-likeness (QED) is 0.905. The predicted molar refractivity (Wildman–Crippen MR) is 75.1 cm³/mol. The van der Waals surface area contributed by atoms with Gasteiger partial charge in [0.2, 0.25) is 10.0 Å². The SMILES string of the molecule is CC1CC2CNCC2N1S(=O)(=O)Cc1ccccc1. The lowest BCUT2D eigenvalue weighted by atomic mass is 10.0. The molecule has 19 heavy (non-hydrogen) atoms. The summed E-state index contributed by atoms with van der Waals surface area (Å²) in [5, 5.41) is 3.30. The summed E-state index contributed by atoms with van der Waals surface area (Å²) in [6.45, 7) is 3.77. The number of fused-ring (bicyclic) bond motifs is 1. The van der Waals surface area contributed by atoms with Crippen molar-refractivity contribution in [2.75, 3.05) is 13.1 Å². The molecule has 104 valence electrons. The van der Waals surface area contributed by atoms with Gasteiger partial charge < -0.3 is 5.32 Å². The lowest BCUT2D eigenvalue weighted by Crippen LogP contribution is -2.43. The first-order chi connectivity index (χ1) is 9.08. The van der Waals surface area contributed by atoms with E-state index in [0.717, 1.165) is 25.1 Å². The third-order valence-electron chi connectivity index (χ3n) is 4.22. The van der Waals surface area contributed by atoms with Crippen LogP contribution in [0.25, 0.3) is 0 Å². The molecule has 2 aliphatic rings. The Balaban J connectivity index is 1.84. The molecule has 3 rings (SSSR count). The van der Waals surface area contributed by atoms with Crippen molar-refractivity contribution < 1.29 is 8.42 Å². The highest BCUT2D eigenvalue weighted by Gasteiger charge is 2.47. The standard InChI is InChI=1S/C14H20N2O2S/c1-11-7-13-8-15-9-14(13)16(11)19(17,18)10-12-5-3-2-4-6-12/h2-6,11,13-15H,7-10H2,1H3. The van der Waals surface area contributed by atoms with E-state index in [2.05, 4.69) is 5.32 Å². The molecule has 3 unspecified atom stereocenters. The van der Waals surface area contributed by atoms with Gasteiger partial charge in [0.25, 0.3) is 0 Å². The first kappa shape index (κ1) is 13.1. The number of nitrogens with one attached hydrogen (secondary N) is 1. The maximum Gasteiger partial charge on any atom is 0.218 e. The topological polar surface area (TPSA) is 49.4 Å². The van der Waals surface area contributed by atoms with Crippen LogP contribution in [0.2, 0.25) is 0 Å². The average Bonchev–Trinajstić information content (AvgIpc) is 2.88. The fraction of sp³-hybridized carbons (Fsp3) is 0.571. The molecule has 0 amide bonds. The zero-order valence-electron chi connectivity index (χ0n) is 11.1. The van der Waals surface area contributed by atoms with Crippen LogP contribution in [0.3, 0.4) is 0 Å². The molecule has 5 heteroatoms. The molecule has 0 saturated carbocycles. The van der Waals surface area contributed by atoms with Gasteiger partial charge in [-0.05, 0) is 31.4 Å². The Labute approximate surface area is 114 Å². The predicted octanol–water partition coefficient (Wildman–Crippen LogP) is 1.20. The van der Waals surface area contributed by atoms with Crippen LogP contribution in [0.5, 0.6) is 0 Å². The highest BCUT2D eigenvalue weighted by Crippen LogP contribution is 2.35. The summed E-state index contributed by atoms with van der Waals surface area (Å²) in [5.74, 6) is 0.599. The zero-order valence-corrected chi connectivity index (χ0v) is 11.9. The van der Waals surface area contributed by atoms with Crippen molar-refractivity contribution in [3.63, 3.8) is 0 Å². The molecule has 0 spiro atoms. The second kappa shape index (κ2) is 4.89. The smallest absolute Gasteiger partial charge is 0.218 e. The van der Waals surface area contributed by atoms with E-state index >= 15 is 0 Å². The van der Waals surface area contributed by atoms with E-state index in [1.54, 1.807) is 4.31 Å². The van der Waals surface area contributed by atoms with E-state index in [0.29, 0.717) is 5.92 Å². The summed E-state index contributed by atoms with van der Waals surface area (Å²) in [4.78, 5) is 0. The lowest BCUT2D eigenvalue weighted by Gasteiger charge is -2.26. The number of hydrogen-bond donors (Lipinski definition) is 1. The fourth-order valence-corrected chi connectivity index (χ4v) is 5.52. The molecule has 2 aliphatic heterocycles. The van der Waals surface area contributed by atoms with Crippen molar-refractivity contribution >= 4 is 10.0 Å². The molecule has 0 radical (unpaired) electrons. The molecule has 2 heterocycles. The van der Waals surface area contributed by atoms with E-state index in [-0.39, 0.29) is 17.8 Å². The zero-order chi connectivity index (χ0) is 13.5. The van der Waals surface area contributed by atoms with Gasteiger partial charge in [-0.3, -0.25) is 0 Å². The molecule has 0 bridgehead atoms. The van der Waals surface area contributed by atoms with Crippen LogP contribution < -0.4 is 5.32 Å². The van der Waals surface area contributed by atoms with Gasteiger partial charge in [-0.1, -0.05) is 30.3 Å². The third-order valence-corrected chi connectivity index (χ3v) is 6.19. The summed E-state index contributed by atoms with van der Waals surface area (Å²) >= 11 is 0. The van der Waals surface area contributed by atoms with Gasteiger partial charge in [-0.2, -0.15) is 4.31 Å². The Morgan fingerprint density at radius 3 is 2.74 bits per heavy atom. The van der Waals surface area contributed by atoms with E-state index in [1.807, 2.05) is 37.3 Å². The highest BCUT2D eigenvalue weighted by atomic mass is 32.2. The van der Waals surface area contributed by atoms with Gasteiger partial charge in [0.15, 0.2) is 0 Å². The molecule has 0 aromatic heterocycles. The normalized spacial score (nSPS) is 31.5. The van der Waals surface area contributed by atoms with Gasteiger partial charge in [0.1, 0.15) is 0 Å². The monoisotopic (exact) mass is 280 g/mol. The summed E-state index contributed by atoms with van der Waals surface area (Å²) in [6, 6.07) is 9.72. The Kier molecular flexibility index (Phi) is 3.37. The number of benzene rings is 1. The van der Waals surface area contributed by atoms with Crippen LogP contribution >= 0.6 is 0 Å². The molecule has 3 atom stereocenters. The van der Waals surface area contributed by atoms with Crippen LogP contribution in [-0.2, 0) is 15.8 Å². The Morgan fingerprint density at radius 1 is 1.26 bits per heavy atom. The van der Waals surface area contributed by atoms with E-state index in [4.69, 9.17) is 0 Å². The second-order valence-corrected chi connectivity index (χ2v) is 7.52. The number of sulfonamides is 1. The maximum absolute atomic E-state index is 12.7. The second-order valence-electron chi connectivity index (χ2n) is 5.64. The highest BCUT2D eigenvalue weighted by molar-refractivity contribution is 7.88. The van der Waals surface area contributed by atoms with Gasteiger partial charge in [0.05, 0.1) is 5.75 Å². The number of rotatable bonds is 3. The van der Waals surface area contributed by atoms with E-state index in [9.17, 15) is 8.42 Å². The number of nitrogens with zero attached hydrogens (tertiary/aromatic N) is 1. The summed E-state index contributed by atoms with van der Waals surface area (Å²) in [6.07, 6.45) is 0.978. The molecule has 0 aliphatic carbocycles. The number of hydrogen-bond acceptors (Lipinski definition) is 3. The van der Waals surface area contributed by atoms with Crippen LogP contribution in [0, 0.1) is 5.92 Å². The Hall–Kier alpha value is -0.910. The first-order valence-corrected chi connectivity index (χ1v) is 8.45. The largest absolute Gasteiger partial charge is 0.315 e. The molecule has 4 nitrogen and oxygen atoms in total. The summed E-state index contributed by atoms with van der Waals surface area (Å²) in [7, 11) is -3.22. The molecule has 1 aromatic rings. The van der Waals surface area contributed by atoms with E-state index in [1.165, 1.54) is 0 Å². The van der Waals surface area contributed by atoms with Gasteiger partial charge in [0, 0.05) is 18.6 Å². The van der Waals surface area contributed by atoms with E-state index < -0.39 is 10.0 Å². The Bertz CT molecular complexity index is 544. The molecule has 1 N–H and O–H groups in total. The van der Waals surface area contributed by atoms with Crippen molar-refractivity contribution in [1.82, 2.24) is 9.62 Å². The molecular weight excluding hydrogens is 260 g/mol. The molecule has 1 aromatic carbocycles. The third kappa shape index (κ3) is 2.42. The first-order valence-electron chi connectivity index (χ1n) is 6.84. The van der Waals surface area contributed by atoms with Crippen molar-refractivity contribution in [1.29, 1.82) is 0 Å². The summed E-state index contributed by atoms with van der Waals surface area (Å²) < 4.78 is 27.1. The minimum Gasteiger partial charge on any atom is -0.315 e.